The van der Waals surface area contributed by atoms with Gasteiger partial charge in [-0.25, -0.2) is 0 Å². The normalized spacial score (nSPS) is 18.6. The van der Waals surface area contributed by atoms with Crippen molar-refractivity contribution in [1.29, 1.82) is 0 Å². The summed E-state index contributed by atoms with van der Waals surface area (Å²) in [4.78, 5) is 25.2. The molecule has 1 rings (SSSR count). The third kappa shape index (κ3) is 5.19. The van der Waals surface area contributed by atoms with E-state index in [9.17, 15) is 9.59 Å². The number of carbonyl (C=O) groups is 2. The lowest BCUT2D eigenvalue weighted by atomic mass is 10.1. The highest BCUT2D eigenvalue weighted by atomic mass is 16.6. The number of nitrogens with two attached hydrogens (primary N) is 1. The van der Waals surface area contributed by atoms with Gasteiger partial charge in [0, 0.05) is 6.04 Å². The van der Waals surface area contributed by atoms with Crippen molar-refractivity contribution in [3.8, 4) is 0 Å². The Balaban J connectivity index is 2.72. The summed E-state index contributed by atoms with van der Waals surface area (Å²) in [5.41, 5.74) is 4.78. The van der Waals surface area contributed by atoms with E-state index < -0.39 is 17.6 Å². The molecule has 0 radical (unpaired) electrons. The zero-order chi connectivity index (χ0) is 14.6. The highest BCUT2D eigenvalue weighted by molar-refractivity contribution is 5.79. The highest BCUT2D eigenvalue weighted by Crippen LogP contribution is 2.25. The van der Waals surface area contributed by atoms with Gasteiger partial charge < -0.3 is 10.5 Å². The molecule has 1 saturated carbocycles. The monoisotopic (exact) mass is 270 g/mol. The van der Waals surface area contributed by atoms with Crippen LogP contribution in [0.25, 0.3) is 0 Å². The molecule has 19 heavy (non-hydrogen) atoms. The van der Waals surface area contributed by atoms with Crippen molar-refractivity contribution in [2.24, 2.45) is 5.73 Å². The fourth-order valence-electron chi connectivity index (χ4n) is 2.52. The highest BCUT2D eigenvalue weighted by Gasteiger charge is 2.33. The second-order valence-electron chi connectivity index (χ2n) is 6.29. The van der Waals surface area contributed by atoms with E-state index in [-0.39, 0.29) is 18.6 Å². The van der Waals surface area contributed by atoms with Crippen LogP contribution in [0, 0.1) is 0 Å². The lowest BCUT2D eigenvalue weighted by Gasteiger charge is -2.33. The van der Waals surface area contributed by atoms with E-state index in [1.807, 2.05) is 25.7 Å². The first kappa shape index (κ1) is 16.0. The maximum absolute atomic E-state index is 12.1. The molecule has 110 valence electrons. The molecular formula is C14H26N2O3. The SMILES string of the molecule is CC(C(=O)OC(C)(C)C)N(CC(N)=O)C1CCCC1. The first-order valence-corrected chi connectivity index (χ1v) is 6.97. The summed E-state index contributed by atoms with van der Waals surface area (Å²) >= 11 is 0. The first-order valence-electron chi connectivity index (χ1n) is 6.97. The van der Waals surface area contributed by atoms with E-state index in [4.69, 9.17) is 10.5 Å². The van der Waals surface area contributed by atoms with Crippen molar-refractivity contribution in [2.45, 2.75) is 71.1 Å². The third-order valence-electron chi connectivity index (χ3n) is 3.38. The molecule has 0 aromatic carbocycles. The van der Waals surface area contributed by atoms with Crippen molar-refractivity contribution in [3.63, 3.8) is 0 Å². The van der Waals surface area contributed by atoms with Crippen LogP contribution < -0.4 is 5.73 Å². The summed E-state index contributed by atoms with van der Waals surface area (Å²) < 4.78 is 5.39. The van der Waals surface area contributed by atoms with Gasteiger partial charge in [0.25, 0.3) is 0 Å². The Labute approximate surface area is 115 Å². The van der Waals surface area contributed by atoms with E-state index in [1.165, 1.54) is 0 Å². The fourth-order valence-corrected chi connectivity index (χ4v) is 2.52. The van der Waals surface area contributed by atoms with E-state index in [2.05, 4.69) is 0 Å². The van der Waals surface area contributed by atoms with Gasteiger partial charge in [-0.2, -0.15) is 0 Å². The number of esters is 1. The van der Waals surface area contributed by atoms with Crippen molar-refractivity contribution in [1.82, 2.24) is 4.90 Å². The predicted octanol–water partition coefficient (Wildman–Crippen LogP) is 1.45. The molecule has 5 nitrogen and oxygen atoms in total. The molecule has 1 atom stereocenters. The van der Waals surface area contributed by atoms with E-state index >= 15 is 0 Å². The molecule has 1 unspecified atom stereocenters. The topological polar surface area (TPSA) is 72.6 Å². The smallest absolute Gasteiger partial charge is 0.323 e. The van der Waals surface area contributed by atoms with Crippen molar-refractivity contribution in [3.05, 3.63) is 0 Å². The molecule has 5 heteroatoms. The van der Waals surface area contributed by atoms with Gasteiger partial charge in [-0.1, -0.05) is 12.8 Å². The molecule has 0 saturated heterocycles. The van der Waals surface area contributed by atoms with Crippen LogP contribution in [-0.4, -0.2) is 41.0 Å². The second kappa shape index (κ2) is 6.37. The van der Waals surface area contributed by atoms with E-state index in [0.717, 1.165) is 25.7 Å². The Morgan fingerprint density at radius 2 is 1.84 bits per heavy atom. The van der Waals surface area contributed by atoms with Gasteiger partial charge in [0.05, 0.1) is 6.54 Å². The number of rotatable bonds is 5. The van der Waals surface area contributed by atoms with Crippen LogP contribution in [0.1, 0.15) is 53.4 Å². The first-order chi connectivity index (χ1) is 8.70. The van der Waals surface area contributed by atoms with Gasteiger partial charge in [0.2, 0.25) is 5.91 Å². The summed E-state index contributed by atoms with van der Waals surface area (Å²) in [6.45, 7) is 7.42. The number of primary amides is 1. The third-order valence-corrected chi connectivity index (χ3v) is 3.38. The lowest BCUT2D eigenvalue weighted by molar-refractivity contribution is -0.161. The van der Waals surface area contributed by atoms with Gasteiger partial charge in [0.1, 0.15) is 11.6 Å². The summed E-state index contributed by atoms with van der Waals surface area (Å²) in [6, 6.07) is -0.176. The summed E-state index contributed by atoms with van der Waals surface area (Å²) in [7, 11) is 0. The summed E-state index contributed by atoms with van der Waals surface area (Å²) in [5, 5.41) is 0. The van der Waals surface area contributed by atoms with Crippen LogP contribution in [0.4, 0.5) is 0 Å². The quantitative estimate of drug-likeness (QED) is 0.767. The minimum Gasteiger partial charge on any atom is -0.459 e. The van der Waals surface area contributed by atoms with Gasteiger partial charge in [-0.15, -0.1) is 0 Å². The Morgan fingerprint density at radius 1 is 1.32 bits per heavy atom. The second-order valence-corrected chi connectivity index (χ2v) is 6.29. The van der Waals surface area contributed by atoms with Crippen LogP contribution in [0.5, 0.6) is 0 Å². The standard InChI is InChI=1S/C14H26N2O3/c1-10(13(18)19-14(2,3)4)16(9-12(15)17)11-7-5-6-8-11/h10-11H,5-9H2,1-4H3,(H2,15,17). The molecule has 1 aliphatic rings. The average molecular weight is 270 g/mol. The van der Waals surface area contributed by atoms with Gasteiger partial charge in [-0.05, 0) is 40.5 Å². The minimum absolute atomic E-state index is 0.116. The summed E-state index contributed by atoms with van der Waals surface area (Å²) in [6.07, 6.45) is 4.31. The maximum atomic E-state index is 12.1. The fraction of sp³-hybridized carbons (Fsp3) is 0.857. The van der Waals surface area contributed by atoms with Gasteiger partial charge in [0.15, 0.2) is 0 Å². The molecule has 0 spiro atoms. The van der Waals surface area contributed by atoms with Crippen molar-refractivity contribution in [2.75, 3.05) is 6.54 Å². The molecule has 1 amide bonds. The molecule has 0 aliphatic heterocycles. The van der Waals surface area contributed by atoms with Crippen LogP contribution >= 0.6 is 0 Å². The molecule has 0 heterocycles. The van der Waals surface area contributed by atoms with Crippen molar-refractivity contribution >= 4 is 11.9 Å². The lowest BCUT2D eigenvalue weighted by Crippen LogP contribution is -2.50. The van der Waals surface area contributed by atoms with Gasteiger partial charge >= 0.3 is 5.97 Å². The number of hydrogen-bond acceptors (Lipinski definition) is 4. The Kier molecular flexibility index (Phi) is 5.35. The zero-order valence-electron chi connectivity index (χ0n) is 12.4. The number of nitrogens with zero attached hydrogens (tertiary/aromatic N) is 1. The van der Waals surface area contributed by atoms with E-state index in [0.29, 0.717) is 0 Å². The van der Waals surface area contributed by atoms with Crippen LogP contribution in [0.2, 0.25) is 0 Å². The molecule has 0 aromatic rings. The number of amides is 1. The Morgan fingerprint density at radius 3 is 2.26 bits per heavy atom. The molecule has 0 aromatic heterocycles. The average Bonchev–Trinajstić information content (AvgIpc) is 2.75. The number of carbonyl (C=O) groups excluding carboxylic acids is 2. The predicted molar refractivity (Wildman–Crippen MR) is 73.5 cm³/mol. The molecular weight excluding hydrogens is 244 g/mol. The van der Waals surface area contributed by atoms with Crippen molar-refractivity contribution < 1.29 is 14.3 Å². The molecule has 1 fully saturated rings. The molecule has 1 aliphatic carbocycles. The molecule has 0 bridgehead atoms. The van der Waals surface area contributed by atoms with Crippen LogP contribution in [0.15, 0.2) is 0 Å². The molecule has 2 N–H and O–H groups in total. The maximum Gasteiger partial charge on any atom is 0.323 e. The zero-order valence-corrected chi connectivity index (χ0v) is 12.4. The minimum atomic E-state index is -0.514. The largest absolute Gasteiger partial charge is 0.459 e. The van der Waals surface area contributed by atoms with Crippen LogP contribution in [-0.2, 0) is 14.3 Å². The Bertz CT molecular complexity index is 330. The Hall–Kier alpha value is -1.10. The number of ether oxygens (including phenoxy) is 1. The number of hydrogen-bond donors (Lipinski definition) is 1. The van der Waals surface area contributed by atoms with E-state index in [1.54, 1.807) is 6.92 Å². The van der Waals surface area contributed by atoms with Crippen LogP contribution in [0.3, 0.4) is 0 Å². The summed E-state index contributed by atoms with van der Waals surface area (Å²) in [5.74, 6) is -0.692. The van der Waals surface area contributed by atoms with Gasteiger partial charge in [-0.3, -0.25) is 14.5 Å².